The molecule has 0 radical (unpaired) electrons. The van der Waals surface area contributed by atoms with Gasteiger partial charge in [-0.3, -0.25) is 15.4 Å². The lowest BCUT2D eigenvalue weighted by atomic mass is 10.1. The van der Waals surface area contributed by atoms with Gasteiger partial charge in [-0.15, -0.1) is 0 Å². The predicted octanol–water partition coefficient (Wildman–Crippen LogP) is 2.66. The molecular formula is C25H31N3O7. The molecule has 2 atom stereocenters. The summed E-state index contributed by atoms with van der Waals surface area (Å²) in [4.78, 5) is 50.0. The number of carbonyl (C=O) groups is 4. The van der Waals surface area contributed by atoms with E-state index in [0.717, 1.165) is 11.1 Å². The molecule has 0 spiro atoms. The average molecular weight is 486 g/mol. The van der Waals surface area contributed by atoms with Crippen LogP contribution in [-0.4, -0.2) is 49.0 Å². The molecule has 3 amide bonds. The Hall–Kier alpha value is -4.08. The molecule has 0 saturated carbocycles. The van der Waals surface area contributed by atoms with E-state index in [1.807, 2.05) is 12.1 Å². The minimum absolute atomic E-state index is 0.0494. The Balaban J connectivity index is 2.12. The third kappa shape index (κ3) is 10.2. The maximum atomic E-state index is 13.0. The van der Waals surface area contributed by atoms with Crippen molar-refractivity contribution in [3.05, 3.63) is 71.8 Å². The monoisotopic (exact) mass is 485 g/mol. The van der Waals surface area contributed by atoms with Gasteiger partial charge in [-0.25, -0.2) is 14.4 Å². The van der Waals surface area contributed by atoms with Crippen LogP contribution in [0.5, 0.6) is 0 Å². The van der Waals surface area contributed by atoms with Crippen molar-refractivity contribution in [3.63, 3.8) is 0 Å². The number of carbonyl (C=O) groups excluding carboxylic acids is 4. The van der Waals surface area contributed by atoms with Crippen LogP contribution in [0.4, 0.5) is 9.59 Å². The molecule has 0 fully saturated rings. The maximum Gasteiger partial charge on any atom is 0.409 e. The van der Waals surface area contributed by atoms with Crippen LogP contribution in [0.15, 0.2) is 60.7 Å². The number of ether oxygens (including phenoxy) is 3. The van der Waals surface area contributed by atoms with E-state index in [0.29, 0.717) is 0 Å². The van der Waals surface area contributed by atoms with Crippen LogP contribution in [0, 0.1) is 0 Å². The SMILES string of the molecule is COC(=O)[C@H](Cc1ccccc1)NC(=O)[C@H](NC(=O)OCc1ccccc1)NC(=O)OC(C)(C)C. The Labute approximate surface area is 204 Å². The fourth-order valence-electron chi connectivity index (χ4n) is 2.92. The first-order valence-electron chi connectivity index (χ1n) is 11.0. The van der Waals surface area contributed by atoms with E-state index in [-0.39, 0.29) is 13.0 Å². The minimum Gasteiger partial charge on any atom is -0.467 e. The molecule has 0 unspecified atom stereocenters. The van der Waals surface area contributed by atoms with E-state index in [4.69, 9.17) is 14.2 Å². The van der Waals surface area contributed by atoms with Gasteiger partial charge in [0, 0.05) is 6.42 Å². The van der Waals surface area contributed by atoms with Crippen molar-refractivity contribution in [1.82, 2.24) is 16.0 Å². The molecular weight excluding hydrogens is 454 g/mol. The van der Waals surface area contributed by atoms with Crippen molar-refractivity contribution in [2.75, 3.05) is 7.11 Å². The highest BCUT2D eigenvalue weighted by atomic mass is 16.6. The summed E-state index contributed by atoms with van der Waals surface area (Å²) in [5.41, 5.74) is 0.660. The zero-order valence-corrected chi connectivity index (χ0v) is 20.2. The molecule has 0 aliphatic carbocycles. The number of rotatable bonds is 9. The Morgan fingerprint density at radius 1 is 0.800 bits per heavy atom. The summed E-state index contributed by atoms with van der Waals surface area (Å²) in [6, 6.07) is 16.8. The molecule has 10 heteroatoms. The number of alkyl carbamates (subject to hydrolysis) is 2. The highest BCUT2D eigenvalue weighted by Gasteiger charge is 2.30. The molecule has 2 rings (SSSR count). The standard InChI is InChI=1S/C25H31N3O7/c1-25(2,3)35-24(32)28-20(27-23(31)34-16-18-13-9-6-10-14-18)21(29)26-19(22(30)33-4)15-17-11-7-5-8-12-17/h5-14,19-20H,15-16H2,1-4H3,(H,26,29)(H,27,31)(H,28,32)/t19-,20+/m0/s1. The summed E-state index contributed by atoms with van der Waals surface area (Å²) in [6.45, 7) is 4.90. The number of nitrogens with one attached hydrogen (secondary N) is 3. The van der Waals surface area contributed by atoms with Crippen molar-refractivity contribution in [1.29, 1.82) is 0 Å². The van der Waals surface area contributed by atoms with Gasteiger partial charge in [0.2, 0.25) is 0 Å². The van der Waals surface area contributed by atoms with Crippen molar-refractivity contribution in [2.24, 2.45) is 0 Å². The molecule has 3 N–H and O–H groups in total. The lowest BCUT2D eigenvalue weighted by Crippen LogP contribution is -2.60. The number of amides is 3. The van der Waals surface area contributed by atoms with E-state index >= 15 is 0 Å². The third-order valence-electron chi connectivity index (χ3n) is 4.48. The third-order valence-corrected chi connectivity index (χ3v) is 4.48. The molecule has 2 aromatic rings. The summed E-state index contributed by atoms with van der Waals surface area (Å²) < 4.78 is 15.1. The minimum atomic E-state index is -1.59. The first kappa shape index (κ1) is 27.2. The zero-order valence-electron chi connectivity index (χ0n) is 20.2. The van der Waals surface area contributed by atoms with Gasteiger partial charge in [0.25, 0.3) is 5.91 Å². The fraction of sp³-hybridized carbons (Fsp3) is 0.360. The Kier molecular flexibility index (Phi) is 10.1. The molecule has 2 aromatic carbocycles. The predicted molar refractivity (Wildman–Crippen MR) is 127 cm³/mol. The van der Waals surface area contributed by atoms with Gasteiger partial charge in [0.1, 0.15) is 18.2 Å². The summed E-state index contributed by atoms with van der Waals surface area (Å²) >= 11 is 0. The van der Waals surface area contributed by atoms with Crippen molar-refractivity contribution < 1.29 is 33.4 Å². The lowest BCUT2D eigenvalue weighted by Gasteiger charge is -2.25. The van der Waals surface area contributed by atoms with Crippen LogP contribution < -0.4 is 16.0 Å². The van der Waals surface area contributed by atoms with Crippen molar-refractivity contribution >= 4 is 24.1 Å². The first-order chi connectivity index (χ1) is 16.6. The second-order valence-electron chi connectivity index (χ2n) is 8.56. The summed E-state index contributed by atoms with van der Waals surface area (Å²) in [6.07, 6.45) is -3.35. The molecule has 35 heavy (non-hydrogen) atoms. The molecule has 0 aliphatic heterocycles. The van der Waals surface area contributed by atoms with Gasteiger partial charge >= 0.3 is 18.2 Å². The molecule has 188 valence electrons. The number of hydrogen-bond acceptors (Lipinski definition) is 7. The maximum absolute atomic E-state index is 13.0. The van der Waals surface area contributed by atoms with Crippen LogP contribution in [0.3, 0.4) is 0 Å². The molecule has 10 nitrogen and oxygen atoms in total. The number of methoxy groups -OCH3 is 1. The van der Waals surface area contributed by atoms with E-state index in [9.17, 15) is 19.2 Å². The summed E-state index contributed by atoms with van der Waals surface area (Å²) in [7, 11) is 1.20. The van der Waals surface area contributed by atoms with Crippen LogP contribution in [-0.2, 0) is 36.8 Å². The van der Waals surface area contributed by atoms with Gasteiger partial charge in [0.15, 0.2) is 6.17 Å². The average Bonchev–Trinajstić information content (AvgIpc) is 2.81. The Bertz CT molecular complexity index is 991. The lowest BCUT2D eigenvalue weighted by molar-refractivity contribution is -0.145. The largest absolute Gasteiger partial charge is 0.467 e. The van der Waals surface area contributed by atoms with E-state index in [1.54, 1.807) is 69.3 Å². The quantitative estimate of drug-likeness (QED) is 0.283. The topological polar surface area (TPSA) is 132 Å². The number of benzene rings is 2. The summed E-state index contributed by atoms with van der Waals surface area (Å²) in [5.74, 6) is -1.55. The van der Waals surface area contributed by atoms with Gasteiger partial charge in [-0.05, 0) is 31.9 Å². The molecule has 0 aliphatic rings. The second kappa shape index (κ2) is 13.0. The van der Waals surface area contributed by atoms with Crippen molar-refractivity contribution in [2.45, 2.75) is 51.6 Å². The normalized spacial score (nSPS) is 12.5. The molecule has 0 saturated heterocycles. The van der Waals surface area contributed by atoms with Crippen molar-refractivity contribution in [3.8, 4) is 0 Å². The van der Waals surface area contributed by atoms with Crippen LogP contribution >= 0.6 is 0 Å². The zero-order chi connectivity index (χ0) is 25.8. The highest BCUT2D eigenvalue weighted by Crippen LogP contribution is 2.08. The van der Waals surface area contributed by atoms with E-state index in [2.05, 4.69) is 16.0 Å². The Morgan fingerprint density at radius 2 is 1.34 bits per heavy atom. The van der Waals surface area contributed by atoms with Crippen LogP contribution in [0.1, 0.15) is 31.9 Å². The Morgan fingerprint density at radius 3 is 1.89 bits per heavy atom. The first-order valence-corrected chi connectivity index (χ1v) is 11.0. The second-order valence-corrected chi connectivity index (χ2v) is 8.56. The van der Waals surface area contributed by atoms with Gasteiger partial charge in [-0.1, -0.05) is 60.7 Å². The molecule has 0 aromatic heterocycles. The van der Waals surface area contributed by atoms with E-state index < -0.39 is 41.9 Å². The number of esters is 1. The molecule has 0 heterocycles. The van der Waals surface area contributed by atoms with Gasteiger partial charge in [0.05, 0.1) is 7.11 Å². The smallest absolute Gasteiger partial charge is 0.409 e. The van der Waals surface area contributed by atoms with Crippen LogP contribution in [0.2, 0.25) is 0 Å². The number of hydrogen-bond donors (Lipinski definition) is 3. The fourth-order valence-corrected chi connectivity index (χ4v) is 2.92. The van der Waals surface area contributed by atoms with Gasteiger partial charge < -0.3 is 19.5 Å². The van der Waals surface area contributed by atoms with Gasteiger partial charge in [-0.2, -0.15) is 0 Å². The molecule has 0 bridgehead atoms. The highest BCUT2D eigenvalue weighted by molar-refractivity contribution is 5.91. The van der Waals surface area contributed by atoms with Crippen LogP contribution in [0.25, 0.3) is 0 Å². The van der Waals surface area contributed by atoms with E-state index in [1.165, 1.54) is 7.11 Å². The summed E-state index contributed by atoms with van der Waals surface area (Å²) in [5, 5.41) is 7.09.